The van der Waals surface area contributed by atoms with Crippen LogP contribution in [0.5, 0.6) is 0 Å². The number of carboxylic acid groups (broad SMARTS) is 1. The molecular formula is C21H39N5O5. The van der Waals surface area contributed by atoms with Gasteiger partial charge in [0.05, 0.1) is 11.5 Å². The van der Waals surface area contributed by atoms with Gasteiger partial charge in [0.2, 0.25) is 6.41 Å². The lowest BCUT2D eigenvalue weighted by Gasteiger charge is -2.25. The Balaban J connectivity index is 0. The van der Waals surface area contributed by atoms with E-state index in [0.717, 1.165) is 6.54 Å². The highest BCUT2D eigenvalue weighted by molar-refractivity contribution is 5.69. The maximum atomic E-state index is 10.7. The molecule has 178 valence electrons. The molecule has 5 N–H and O–H groups in total. The van der Waals surface area contributed by atoms with E-state index in [-0.39, 0.29) is 6.42 Å². The van der Waals surface area contributed by atoms with Crippen LogP contribution in [0.15, 0.2) is 34.5 Å². The van der Waals surface area contributed by atoms with Crippen molar-refractivity contribution in [1.29, 1.82) is 0 Å². The van der Waals surface area contributed by atoms with Gasteiger partial charge in [0.1, 0.15) is 12.7 Å². The summed E-state index contributed by atoms with van der Waals surface area (Å²) in [6.07, 6.45) is 14.2. The second-order valence-electron chi connectivity index (χ2n) is 7.25. The van der Waals surface area contributed by atoms with Crippen LogP contribution in [0.25, 0.3) is 0 Å². The van der Waals surface area contributed by atoms with Crippen molar-refractivity contribution >= 4 is 25.1 Å². The highest BCUT2D eigenvalue weighted by atomic mass is 16.6. The van der Waals surface area contributed by atoms with Crippen molar-refractivity contribution in [3.05, 3.63) is 24.3 Å². The number of aliphatic hydroxyl groups is 1. The van der Waals surface area contributed by atoms with Crippen LogP contribution in [-0.4, -0.2) is 53.7 Å². The molecule has 0 aromatic rings. The summed E-state index contributed by atoms with van der Waals surface area (Å²) in [7, 11) is 0. The predicted octanol–water partition coefficient (Wildman–Crippen LogP) is 2.33. The lowest BCUT2D eigenvalue weighted by Crippen LogP contribution is -2.30. The lowest BCUT2D eigenvalue weighted by molar-refractivity contribution is -0.179. The SMILES string of the molecule is C1=CCCC=C1.C1=NNC=NN1.CCC(CC(O)OC(C)(C)C)C(=O)O.CCNC=O. The number of rotatable bonds is 7. The van der Waals surface area contributed by atoms with E-state index in [2.05, 4.69) is 50.7 Å². The van der Waals surface area contributed by atoms with Gasteiger partial charge in [-0.2, -0.15) is 10.2 Å². The molecule has 2 rings (SSSR count). The van der Waals surface area contributed by atoms with Gasteiger partial charge in [-0.3, -0.25) is 20.4 Å². The summed E-state index contributed by atoms with van der Waals surface area (Å²) in [6.45, 7) is 9.83. The number of allylic oxidation sites excluding steroid dienone is 4. The number of amides is 1. The summed E-state index contributed by atoms with van der Waals surface area (Å²) in [5.41, 5.74) is 4.55. The average Bonchev–Trinajstić information content (AvgIpc) is 2.75. The first-order chi connectivity index (χ1) is 14.7. The van der Waals surface area contributed by atoms with Gasteiger partial charge in [0, 0.05) is 13.0 Å². The maximum absolute atomic E-state index is 10.7. The third-order valence-corrected chi connectivity index (χ3v) is 3.38. The monoisotopic (exact) mass is 441 g/mol. The van der Waals surface area contributed by atoms with Crippen LogP contribution in [0.1, 0.15) is 60.3 Å². The van der Waals surface area contributed by atoms with Crippen LogP contribution in [0.4, 0.5) is 0 Å². The van der Waals surface area contributed by atoms with Crippen molar-refractivity contribution in [3.8, 4) is 0 Å². The van der Waals surface area contributed by atoms with E-state index >= 15 is 0 Å². The molecule has 0 saturated heterocycles. The van der Waals surface area contributed by atoms with Crippen molar-refractivity contribution in [2.75, 3.05) is 6.54 Å². The Bertz CT molecular complexity index is 539. The molecule has 0 fully saturated rings. The Morgan fingerprint density at radius 1 is 1.16 bits per heavy atom. The minimum absolute atomic E-state index is 0.142. The second kappa shape index (κ2) is 20.5. The summed E-state index contributed by atoms with van der Waals surface area (Å²) < 4.78 is 5.21. The molecule has 0 radical (unpaired) electrons. The van der Waals surface area contributed by atoms with Crippen molar-refractivity contribution in [2.24, 2.45) is 16.1 Å². The van der Waals surface area contributed by atoms with Crippen molar-refractivity contribution in [3.63, 3.8) is 0 Å². The molecule has 0 spiro atoms. The summed E-state index contributed by atoms with van der Waals surface area (Å²) in [4.78, 5) is 20.0. The van der Waals surface area contributed by atoms with Crippen LogP contribution in [-0.2, 0) is 14.3 Å². The molecule has 2 atom stereocenters. The maximum Gasteiger partial charge on any atom is 0.306 e. The fourth-order valence-electron chi connectivity index (χ4n) is 1.97. The van der Waals surface area contributed by atoms with Crippen LogP contribution in [0.2, 0.25) is 0 Å². The number of hydrazone groups is 2. The smallest absolute Gasteiger partial charge is 0.306 e. The normalized spacial score (nSPS) is 15.2. The number of carboxylic acids is 1. The summed E-state index contributed by atoms with van der Waals surface area (Å²) >= 11 is 0. The van der Waals surface area contributed by atoms with Crippen molar-refractivity contribution < 1.29 is 24.5 Å². The van der Waals surface area contributed by atoms with E-state index in [0.29, 0.717) is 12.8 Å². The van der Waals surface area contributed by atoms with Gasteiger partial charge in [0.15, 0.2) is 6.29 Å². The molecule has 10 heteroatoms. The average molecular weight is 442 g/mol. The first-order valence-electron chi connectivity index (χ1n) is 10.3. The molecule has 2 aliphatic rings. The van der Waals surface area contributed by atoms with Crippen LogP contribution >= 0.6 is 0 Å². The molecule has 0 bridgehead atoms. The van der Waals surface area contributed by atoms with E-state index < -0.39 is 23.8 Å². The van der Waals surface area contributed by atoms with Crippen molar-refractivity contribution in [1.82, 2.24) is 16.2 Å². The molecule has 31 heavy (non-hydrogen) atoms. The number of nitrogens with zero attached hydrogens (tertiary/aromatic N) is 2. The number of carbonyl (C=O) groups is 2. The third kappa shape index (κ3) is 25.2. The van der Waals surface area contributed by atoms with E-state index in [9.17, 15) is 14.7 Å². The van der Waals surface area contributed by atoms with E-state index in [1.807, 2.05) is 27.7 Å². The van der Waals surface area contributed by atoms with E-state index in [1.165, 1.54) is 25.5 Å². The fourth-order valence-corrected chi connectivity index (χ4v) is 1.97. The lowest BCUT2D eigenvalue weighted by atomic mass is 10.0. The summed E-state index contributed by atoms with van der Waals surface area (Å²) in [5, 5.41) is 27.7. The van der Waals surface area contributed by atoms with Gasteiger partial charge in [-0.1, -0.05) is 31.2 Å². The van der Waals surface area contributed by atoms with E-state index in [4.69, 9.17) is 9.84 Å². The number of nitrogens with one attached hydrogen (secondary N) is 3. The zero-order chi connectivity index (χ0) is 24.0. The van der Waals surface area contributed by atoms with Gasteiger partial charge < -0.3 is 20.3 Å². The first-order valence-corrected chi connectivity index (χ1v) is 10.3. The number of hydrogen-bond donors (Lipinski definition) is 5. The molecule has 2 unspecified atom stereocenters. The molecule has 1 amide bonds. The molecule has 10 nitrogen and oxygen atoms in total. The summed E-state index contributed by atoms with van der Waals surface area (Å²) in [6, 6.07) is 0. The fraction of sp³-hybridized carbons (Fsp3) is 0.619. The van der Waals surface area contributed by atoms with Gasteiger partial charge >= 0.3 is 5.97 Å². The minimum Gasteiger partial charge on any atom is -0.481 e. The third-order valence-electron chi connectivity index (χ3n) is 3.38. The quantitative estimate of drug-likeness (QED) is 0.301. The number of ether oxygens (including phenoxy) is 1. The molecule has 1 aliphatic heterocycles. The zero-order valence-corrected chi connectivity index (χ0v) is 19.2. The van der Waals surface area contributed by atoms with Crippen LogP contribution in [0, 0.1) is 5.92 Å². The Morgan fingerprint density at radius 2 is 1.68 bits per heavy atom. The molecule has 0 aromatic carbocycles. The van der Waals surface area contributed by atoms with Gasteiger partial charge in [-0.05, 0) is 47.0 Å². The summed E-state index contributed by atoms with van der Waals surface area (Å²) in [5.74, 6) is -1.42. The van der Waals surface area contributed by atoms with Gasteiger partial charge in [0.25, 0.3) is 0 Å². The topological polar surface area (TPSA) is 145 Å². The molecular weight excluding hydrogens is 402 g/mol. The predicted molar refractivity (Wildman–Crippen MR) is 123 cm³/mol. The number of aliphatic carboxylic acids is 1. The minimum atomic E-state index is -1.00. The Morgan fingerprint density at radius 3 is 1.87 bits per heavy atom. The molecule has 1 aliphatic carbocycles. The Labute approximate surface area is 185 Å². The molecule has 0 saturated carbocycles. The molecule has 0 aromatic heterocycles. The van der Waals surface area contributed by atoms with Gasteiger partial charge in [-0.15, -0.1) is 0 Å². The number of carbonyl (C=O) groups excluding carboxylic acids is 1. The first kappa shape index (κ1) is 30.5. The molecule has 1 heterocycles. The number of hydrogen-bond acceptors (Lipinski definition) is 8. The van der Waals surface area contributed by atoms with Gasteiger partial charge in [-0.25, -0.2) is 0 Å². The second-order valence-corrected chi connectivity index (χ2v) is 7.25. The number of aliphatic hydroxyl groups excluding tert-OH is 1. The van der Waals surface area contributed by atoms with Crippen LogP contribution < -0.4 is 16.2 Å². The Hall–Kier alpha value is -2.72. The van der Waals surface area contributed by atoms with Crippen LogP contribution in [0.3, 0.4) is 0 Å². The standard InChI is InChI=1S/C10H20O4.C6H8.C3H7NO.C2H4N4/c1-5-7(9(12)13)6-8(11)14-10(2,3)4;1-2-4-6-5-3-1;1-2-4-3-5;1-3-5-2-6-4-1/h7-8,11H,5-6H2,1-4H3,(H,12,13);1-4H,5-6H2;3H,2H2,1H3,(H,4,5);1-2H,(H,3,4)(H,5,6). The highest BCUT2D eigenvalue weighted by Gasteiger charge is 2.23. The highest BCUT2D eigenvalue weighted by Crippen LogP contribution is 2.17. The van der Waals surface area contributed by atoms with Crippen molar-refractivity contribution in [2.45, 2.75) is 72.2 Å². The Kier molecular flexibility index (Phi) is 20.2. The zero-order valence-electron chi connectivity index (χ0n) is 19.2. The van der Waals surface area contributed by atoms with E-state index in [1.54, 1.807) is 6.92 Å². The largest absolute Gasteiger partial charge is 0.481 e.